The second-order valence-corrected chi connectivity index (χ2v) is 5.35. The molecule has 2 nitrogen and oxygen atoms in total. The third-order valence-corrected chi connectivity index (χ3v) is 4.21. The molecule has 3 rings (SSSR count). The fourth-order valence-electron chi connectivity index (χ4n) is 2.69. The van der Waals surface area contributed by atoms with Crippen LogP contribution in [0.25, 0.3) is 10.9 Å². The van der Waals surface area contributed by atoms with Crippen molar-refractivity contribution in [3.05, 3.63) is 42.1 Å². The van der Waals surface area contributed by atoms with E-state index < -0.39 is 0 Å². The van der Waals surface area contributed by atoms with Gasteiger partial charge >= 0.3 is 0 Å². The van der Waals surface area contributed by atoms with Gasteiger partial charge in [-0.2, -0.15) is 0 Å². The molecule has 0 saturated heterocycles. The molecule has 1 aromatic heterocycles. The number of rotatable bonds is 4. The maximum Gasteiger partial charge on any atom is 0.0705 e. The van der Waals surface area contributed by atoms with Crippen LogP contribution in [-0.2, 0) is 6.54 Å². The second kappa shape index (κ2) is 5.07. The van der Waals surface area contributed by atoms with Gasteiger partial charge in [0.25, 0.3) is 0 Å². The molecule has 1 heterocycles. The summed E-state index contributed by atoms with van der Waals surface area (Å²) in [6.07, 6.45) is 6.11. The van der Waals surface area contributed by atoms with E-state index in [0.29, 0.717) is 6.04 Å². The molecule has 0 spiro atoms. The lowest BCUT2D eigenvalue weighted by Gasteiger charge is -2.32. The van der Waals surface area contributed by atoms with Crippen LogP contribution in [0.2, 0.25) is 0 Å². The molecule has 1 fully saturated rings. The topological polar surface area (TPSA) is 24.9 Å². The summed E-state index contributed by atoms with van der Waals surface area (Å²) >= 11 is 0. The van der Waals surface area contributed by atoms with Gasteiger partial charge in [0.2, 0.25) is 0 Å². The molecule has 1 aliphatic rings. The molecule has 1 aromatic carbocycles. The molecule has 0 aliphatic heterocycles. The van der Waals surface area contributed by atoms with Crippen LogP contribution in [0.5, 0.6) is 0 Å². The highest BCUT2D eigenvalue weighted by molar-refractivity contribution is 5.81. The molecule has 2 heteroatoms. The Bertz CT molecular complexity index is 526. The predicted molar refractivity (Wildman–Crippen MR) is 75.4 cm³/mol. The molecule has 1 unspecified atom stereocenters. The molecule has 0 bridgehead atoms. The first-order valence-electron chi connectivity index (χ1n) is 6.90. The normalized spacial score (nSPS) is 17.6. The van der Waals surface area contributed by atoms with Crippen molar-refractivity contribution in [3.8, 4) is 0 Å². The predicted octanol–water partition coefficient (Wildman–Crippen LogP) is 3.51. The Morgan fingerprint density at radius 2 is 2.11 bits per heavy atom. The number of aromatic nitrogens is 1. The van der Waals surface area contributed by atoms with E-state index in [1.807, 2.05) is 12.3 Å². The Morgan fingerprint density at radius 3 is 2.89 bits per heavy atom. The van der Waals surface area contributed by atoms with E-state index in [9.17, 15) is 0 Å². The first-order valence-corrected chi connectivity index (χ1v) is 6.90. The molecule has 0 amide bonds. The van der Waals surface area contributed by atoms with Gasteiger partial charge in [-0.05, 0) is 43.4 Å². The fourth-order valence-corrected chi connectivity index (χ4v) is 2.69. The SMILES string of the molecule is CC(NCc1ccnc2ccccc12)C1CCC1. The molecule has 0 radical (unpaired) electrons. The first kappa shape index (κ1) is 11.7. The van der Waals surface area contributed by atoms with Crippen molar-refractivity contribution in [3.63, 3.8) is 0 Å². The van der Waals surface area contributed by atoms with Gasteiger partial charge in [0.05, 0.1) is 5.52 Å². The van der Waals surface area contributed by atoms with Crippen LogP contribution in [0.3, 0.4) is 0 Å². The Balaban J connectivity index is 1.74. The number of nitrogens with one attached hydrogen (secondary N) is 1. The van der Waals surface area contributed by atoms with E-state index in [0.717, 1.165) is 18.0 Å². The van der Waals surface area contributed by atoms with E-state index >= 15 is 0 Å². The van der Waals surface area contributed by atoms with E-state index in [1.54, 1.807) is 0 Å². The van der Waals surface area contributed by atoms with E-state index in [2.05, 4.69) is 41.5 Å². The summed E-state index contributed by atoms with van der Waals surface area (Å²) in [5.74, 6) is 0.887. The Hall–Kier alpha value is -1.41. The van der Waals surface area contributed by atoms with Gasteiger partial charge in [-0.25, -0.2) is 0 Å². The highest BCUT2D eigenvalue weighted by Crippen LogP contribution is 2.29. The summed E-state index contributed by atoms with van der Waals surface area (Å²) < 4.78 is 0. The number of pyridine rings is 1. The maximum atomic E-state index is 4.40. The minimum absolute atomic E-state index is 0.630. The average molecular weight is 240 g/mol. The number of nitrogens with zero attached hydrogens (tertiary/aromatic N) is 1. The molecule has 1 N–H and O–H groups in total. The van der Waals surface area contributed by atoms with Crippen LogP contribution in [0.4, 0.5) is 0 Å². The van der Waals surface area contributed by atoms with Crippen molar-refractivity contribution in [2.75, 3.05) is 0 Å². The summed E-state index contributed by atoms with van der Waals surface area (Å²) in [6.45, 7) is 3.26. The summed E-state index contributed by atoms with van der Waals surface area (Å²) in [7, 11) is 0. The average Bonchev–Trinajstić information content (AvgIpc) is 2.34. The van der Waals surface area contributed by atoms with Crippen LogP contribution in [0, 0.1) is 5.92 Å². The highest BCUT2D eigenvalue weighted by Gasteiger charge is 2.23. The van der Waals surface area contributed by atoms with Crippen molar-refractivity contribution in [1.82, 2.24) is 10.3 Å². The van der Waals surface area contributed by atoms with Crippen molar-refractivity contribution in [2.45, 2.75) is 38.8 Å². The molecule has 2 aromatic rings. The van der Waals surface area contributed by atoms with Crippen LogP contribution < -0.4 is 5.32 Å². The molecular weight excluding hydrogens is 220 g/mol. The molecule has 1 atom stereocenters. The Kier molecular flexibility index (Phi) is 3.28. The zero-order chi connectivity index (χ0) is 12.4. The molecular formula is C16H20N2. The maximum absolute atomic E-state index is 4.40. The smallest absolute Gasteiger partial charge is 0.0705 e. The number of para-hydroxylation sites is 1. The van der Waals surface area contributed by atoms with Crippen LogP contribution in [0.15, 0.2) is 36.5 Å². The van der Waals surface area contributed by atoms with Crippen LogP contribution in [-0.4, -0.2) is 11.0 Å². The molecule has 94 valence electrons. The summed E-state index contributed by atoms with van der Waals surface area (Å²) in [4.78, 5) is 4.40. The Labute approximate surface area is 108 Å². The molecule has 1 aliphatic carbocycles. The van der Waals surface area contributed by atoms with E-state index in [-0.39, 0.29) is 0 Å². The van der Waals surface area contributed by atoms with Gasteiger partial charge in [-0.15, -0.1) is 0 Å². The van der Waals surface area contributed by atoms with Crippen molar-refractivity contribution in [1.29, 1.82) is 0 Å². The van der Waals surface area contributed by atoms with Crippen LogP contribution in [0.1, 0.15) is 31.7 Å². The highest BCUT2D eigenvalue weighted by atomic mass is 14.9. The number of fused-ring (bicyclic) bond motifs is 1. The summed E-state index contributed by atoms with van der Waals surface area (Å²) in [5, 5.41) is 4.94. The van der Waals surface area contributed by atoms with Gasteiger partial charge < -0.3 is 5.32 Å². The van der Waals surface area contributed by atoms with Crippen molar-refractivity contribution >= 4 is 10.9 Å². The fraction of sp³-hybridized carbons (Fsp3) is 0.438. The Morgan fingerprint density at radius 1 is 1.28 bits per heavy atom. The van der Waals surface area contributed by atoms with E-state index in [1.165, 1.54) is 30.2 Å². The minimum Gasteiger partial charge on any atom is -0.310 e. The zero-order valence-corrected chi connectivity index (χ0v) is 10.9. The van der Waals surface area contributed by atoms with Gasteiger partial charge in [0, 0.05) is 24.2 Å². The standard InChI is InChI=1S/C16H20N2/c1-12(13-5-4-6-13)18-11-14-9-10-17-16-8-3-2-7-15(14)16/h2-3,7-10,12-13,18H,4-6,11H2,1H3. The van der Waals surface area contributed by atoms with Crippen molar-refractivity contribution < 1.29 is 0 Å². The van der Waals surface area contributed by atoms with Crippen molar-refractivity contribution in [2.24, 2.45) is 5.92 Å². The van der Waals surface area contributed by atoms with Crippen LogP contribution >= 0.6 is 0 Å². The monoisotopic (exact) mass is 240 g/mol. The summed E-state index contributed by atoms with van der Waals surface area (Å²) in [6, 6.07) is 11.1. The van der Waals surface area contributed by atoms with E-state index in [4.69, 9.17) is 0 Å². The first-order chi connectivity index (χ1) is 8.84. The van der Waals surface area contributed by atoms with Gasteiger partial charge in [-0.1, -0.05) is 24.6 Å². The zero-order valence-electron chi connectivity index (χ0n) is 10.9. The minimum atomic E-state index is 0.630. The third-order valence-electron chi connectivity index (χ3n) is 4.21. The van der Waals surface area contributed by atoms with Gasteiger partial charge in [0.1, 0.15) is 0 Å². The second-order valence-electron chi connectivity index (χ2n) is 5.35. The molecule has 18 heavy (non-hydrogen) atoms. The lowest BCUT2D eigenvalue weighted by Crippen LogP contribution is -2.36. The third kappa shape index (κ3) is 2.25. The molecule has 1 saturated carbocycles. The summed E-state index contributed by atoms with van der Waals surface area (Å²) in [5.41, 5.74) is 2.44. The lowest BCUT2D eigenvalue weighted by molar-refractivity contribution is 0.240. The van der Waals surface area contributed by atoms with Gasteiger partial charge in [0.15, 0.2) is 0 Å². The largest absolute Gasteiger partial charge is 0.310 e. The quantitative estimate of drug-likeness (QED) is 0.884. The number of hydrogen-bond donors (Lipinski definition) is 1. The number of benzene rings is 1. The van der Waals surface area contributed by atoms with Gasteiger partial charge in [-0.3, -0.25) is 4.98 Å². The lowest BCUT2D eigenvalue weighted by atomic mass is 9.80. The number of hydrogen-bond acceptors (Lipinski definition) is 2.